The van der Waals surface area contributed by atoms with Crippen LogP contribution in [0.2, 0.25) is 0 Å². The van der Waals surface area contributed by atoms with E-state index in [0.29, 0.717) is 17.5 Å². The summed E-state index contributed by atoms with van der Waals surface area (Å²) in [6, 6.07) is 47.9. The molecule has 1 fully saturated rings. The number of rotatable bonds is 8. The Morgan fingerprint density at radius 1 is 0.512 bits per heavy atom. The van der Waals surface area contributed by atoms with Gasteiger partial charge in [0.2, 0.25) is 6.29 Å². The molecule has 1 saturated heterocycles. The number of hydrogen-bond donors (Lipinski definition) is 0. The van der Waals surface area contributed by atoms with E-state index in [-0.39, 0.29) is 11.8 Å². The average molecular weight is 569 g/mol. The minimum Gasteiger partial charge on any atom is -0.451 e. The summed E-state index contributed by atoms with van der Waals surface area (Å²) in [6.45, 7) is 0. The maximum absolute atomic E-state index is 13.6. The van der Waals surface area contributed by atoms with E-state index in [4.69, 9.17) is 14.2 Å². The lowest BCUT2D eigenvalue weighted by molar-refractivity contribution is -0.229. The van der Waals surface area contributed by atoms with Crippen LogP contribution in [0.25, 0.3) is 0 Å². The second kappa shape index (κ2) is 13.3. The zero-order chi connectivity index (χ0) is 29.4. The van der Waals surface area contributed by atoms with Gasteiger partial charge in [-0.1, -0.05) is 127 Å². The molecule has 43 heavy (non-hydrogen) atoms. The Morgan fingerprint density at radius 3 is 1.44 bits per heavy atom. The third-order valence-electron chi connectivity index (χ3n) is 7.85. The number of carbonyl (C=O) groups is 2. The SMILES string of the molecule is O=C(OC1OC(Cc2ccccc2)C(c2ccccc2)C(c2ccccc2)C1OC(=O)c1ccccc1)c1ccccc1. The van der Waals surface area contributed by atoms with Crippen LogP contribution in [0.15, 0.2) is 152 Å². The van der Waals surface area contributed by atoms with Gasteiger partial charge in [-0.25, -0.2) is 9.59 Å². The van der Waals surface area contributed by atoms with Crippen molar-refractivity contribution in [2.75, 3.05) is 0 Å². The number of carbonyl (C=O) groups excluding carboxylic acids is 2. The smallest absolute Gasteiger partial charge is 0.340 e. The standard InChI is InChI=1S/C38H32O5/c39-36(30-22-12-4-13-23-30)42-35-34(29-20-10-3-11-21-29)33(28-18-8-2-9-19-28)32(26-27-16-6-1-7-17-27)41-38(35)43-37(40)31-24-14-5-15-25-31/h1-25,32-35,38H,26H2. The van der Waals surface area contributed by atoms with Crippen LogP contribution >= 0.6 is 0 Å². The molecule has 0 aliphatic carbocycles. The highest BCUT2D eigenvalue weighted by atomic mass is 16.7. The highest BCUT2D eigenvalue weighted by Crippen LogP contribution is 2.47. The molecular weight excluding hydrogens is 536 g/mol. The molecule has 5 atom stereocenters. The van der Waals surface area contributed by atoms with Crippen LogP contribution in [0.4, 0.5) is 0 Å². The van der Waals surface area contributed by atoms with Crippen LogP contribution in [0.5, 0.6) is 0 Å². The van der Waals surface area contributed by atoms with Crippen molar-refractivity contribution in [3.05, 3.63) is 179 Å². The summed E-state index contributed by atoms with van der Waals surface area (Å²) < 4.78 is 19.1. The first-order valence-electron chi connectivity index (χ1n) is 14.5. The Kier molecular flexibility index (Phi) is 8.72. The molecule has 1 aliphatic rings. The average Bonchev–Trinajstić information content (AvgIpc) is 3.07. The van der Waals surface area contributed by atoms with Gasteiger partial charge in [-0.2, -0.15) is 0 Å². The van der Waals surface area contributed by atoms with E-state index in [1.54, 1.807) is 48.5 Å². The minimum absolute atomic E-state index is 0.218. The fraction of sp³-hybridized carbons (Fsp3) is 0.158. The van der Waals surface area contributed by atoms with Crippen molar-refractivity contribution >= 4 is 11.9 Å². The Balaban J connectivity index is 1.47. The van der Waals surface area contributed by atoms with Gasteiger partial charge in [0.15, 0.2) is 6.10 Å². The van der Waals surface area contributed by atoms with Gasteiger partial charge in [-0.3, -0.25) is 0 Å². The van der Waals surface area contributed by atoms with Crippen LogP contribution < -0.4 is 0 Å². The first-order valence-corrected chi connectivity index (χ1v) is 14.5. The quantitative estimate of drug-likeness (QED) is 0.180. The molecule has 5 nitrogen and oxygen atoms in total. The fourth-order valence-corrected chi connectivity index (χ4v) is 5.87. The number of benzene rings is 5. The zero-order valence-electron chi connectivity index (χ0n) is 23.6. The van der Waals surface area contributed by atoms with E-state index in [9.17, 15) is 9.59 Å². The summed E-state index contributed by atoms with van der Waals surface area (Å²) in [5, 5.41) is 0. The molecule has 1 heterocycles. The van der Waals surface area contributed by atoms with E-state index >= 15 is 0 Å². The third kappa shape index (κ3) is 6.58. The van der Waals surface area contributed by atoms with E-state index in [1.165, 1.54) is 0 Å². The number of esters is 2. The topological polar surface area (TPSA) is 61.8 Å². The molecule has 1 aliphatic heterocycles. The Hall–Kier alpha value is -5.00. The maximum atomic E-state index is 13.6. The highest BCUT2D eigenvalue weighted by Gasteiger charge is 2.50. The first kappa shape index (κ1) is 28.1. The van der Waals surface area contributed by atoms with Crippen LogP contribution in [0, 0.1) is 0 Å². The van der Waals surface area contributed by atoms with Crippen LogP contribution in [-0.4, -0.2) is 30.4 Å². The molecule has 0 aromatic heterocycles. The first-order chi connectivity index (χ1) is 21.2. The molecular formula is C38H32O5. The lowest BCUT2D eigenvalue weighted by atomic mass is 9.71. The fourth-order valence-electron chi connectivity index (χ4n) is 5.87. The van der Waals surface area contributed by atoms with Gasteiger partial charge in [-0.15, -0.1) is 0 Å². The summed E-state index contributed by atoms with van der Waals surface area (Å²) >= 11 is 0. The van der Waals surface area contributed by atoms with Gasteiger partial charge in [0.05, 0.1) is 17.2 Å². The second-order valence-electron chi connectivity index (χ2n) is 10.6. The lowest BCUT2D eigenvalue weighted by Crippen LogP contribution is -2.52. The molecule has 0 bridgehead atoms. The molecule has 0 spiro atoms. The van der Waals surface area contributed by atoms with Crippen LogP contribution in [-0.2, 0) is 20.6 Å². The molecule has 0 saturated carbocycles. The summed E-state index contributed by atoms with van der Waals surface area (Å²) in [5.41, 5.74) is 3.90. The van der Waals surface area contributed by atoms with Gasteiger partial charge in [0.25, 0.3) is 0 Å². The molecule has 0 amide bonds. The van der Waals surface area contributed by atoms with E-state index in [1.807, 2.05) is 78.9 Å². The number of ether oxygens (including phenoxy) is 3. The van der Waals surface area contributed by atoms with Gasteiger partial charge < -0.3 is 14.2 Å². The van der Waals surface area contributed by atoms with Crippen molar-refractivity contribution in [2.45, 2.75) is 36.8 Å². The van der Waals surface area contributed by atoms with E-state index < -0.39 is 30.4 Å². The molecule has 0 radical (unpaired) electrons. The third-order valence-corrected chi connectivity index (χ3v) is 7.85. The van der Waals surface area contributed by atoms with Gasteiger partial charge in [0, 0.05) is 11.8 Å². The minimum atomic E-state index is -1.15. The van der Waals surface area contributed by atoms with E-state index in [0.717, 1.165) is 16.7 Å². The molecule has 0 N–H and O–H groups in total. The number of hydrogen-bond acceptors (Lipinski definition) is 5. The highest BCUT2D eigenvalue weighted by molar-refractivity contribution is 5.90. The molecule has 5 aromatic rings. The summed E-state index contributed by atoms with van der Waals surface area (Å²) in [7, 11) is 0. The Labute approximate surface area is 251 Å². The molecule has 6 rings (SSSR count). The molecule has 5 heteroatoms. The summed E-state index contributed by atoms with van der Waals surface area (Å²) in [4.78, 5) is 27.0. The molecule has 5 aromatic carbocycles. The van der Waals surface area contributed by atoms with Crippen molar-refractivity contribution in [3.8, 4) is 0 Å². The predicted molar refractivity (Wildman–Crippen MR) is 165 cm³/mol. The normalized spacial score (nSPS) is 21.4. The van der Waals surface area contributed by atoms with Gasteiger partial charge in [0.1, 0.15) is 0 Å². The maximum Gasteiger partial charge on any atom is 0.340 e. The predicted octanol–water partition coefficient (Wildman–Crippen LogP) is 7.60. The van der Waals surface area contributed by atoms with Crippen molar-refractivity contribution in [2.24, 2.45) is 0 Å². The summed E-state index contributed by atoms with van der Waals surface area (Å²) in [5.74, 6) is -1.66. The van der Waals surface area contributed by atoms with Crippen LogP contribution in [0.3, 0.4) is 0 Å². The largest absolute Gasteiger partial charge is 0.451 e. The Bertz CT molecular complexity index is 1610. The van der Waals surface area contributed by atoms with Crippen molar-refractivity contribution in [1.29, 1.82) is 0 Å². The monoisotopic (exact) mass is 568 g/mol. The molecule has 214 valence electrons. The summed E-state index contributed by atoms with van der Waals surface area (Å²) in [6.07, 6.45) is -1.91. The Morgan fingerprint density at radius 2 is 0.930 bits per heavy atom. The van der Waals surface area contributed by atoms with E-state index in [2.05, 4.69) is 24.3 Å². The van der Waals surface area contributed by atoms with Crippen molar-refractivity contribution in [3.63, 3.8) is 0 Å². The van der Waals surface area contributed by atoms with Crippen LogP contribution in [0.1, 0.15) is 49.2 Å². The van der Waals surface area contributed by atoms with Gasteiger partial charge >= 0.3 is 11.9 Å². The second-order valence-corrected chi connectivity index (χ2v) is 10.6. The van der Waals surface area contributed by atoms with Crippen molar-refractivity contribution < 1.29 is 23.8 Å². The molecule has 5 unspecified atom stereocenters. The zero-order valence-corrected chi connectivity index (χ0v) is 23.6. The lowest BCUT2D eigenvalue weighted by Gasteiger charge is -2.46. The van der Waals surface area contributed by atoms with Gasteiger partial charge in [-0.05, 0) is 47.4 Å². The van der Waals surface area contributed by atoms with Crippen molar-refractivity contribution in [1.82, 2.24) is 0 Å².